The highest BCUT2D eigenvalue weighted by molar-refractivity contribution is 5.77. The van der Waals surface area contributed by atoms with E-state index in [1.165, 1.54) is 24.5 Å². The Morgan fingerprint density at radius 2 is 1.77 bits per heavy atom. The summed E-state index contributed by atoms with van der Waals surface area (Å²) in [5.74, 6) is -1.70. The zero-order chi connectivity index (χ0) is 30.3. The minimum absolute atomic E-state index is 0.0234. The summed E-state index contributed by atoms with van der Waals surface area (Å²) >= 11 is 0. The van der Waals surface area contributed by atoms with E-state index in [-0.39, 0.29) is 46.8 Å². The number of urea groups is 1. The molecule has 3 heterocycles. The van der Waals surface area contributed by atoms with Crippen molar-refractivity contribution in [3.63, 3.8) is 0 Å². The SMILES string of the molecule is O=C(O)N[C@@H]1CCN(C(=O)N2CCC(Cn3cnc4ccc(F)cc4c3=O)C3(CCCC3)C2)[C@H](c2cc(F)ccc2F)C1. The Morgan fingerprint density at radius 1 is 1.02 bits per heavy atom. The van der Waals surface area contributed by atoms with Crippen molar-refractivity contribution in [3.8, 4) is 0 Å². The molecule has 2 aromatic carbocycles. The number of fused-ring (bicyclic) bond motifs is 1. The van der Waals surface area contributed by atoms with Crippen molar-refractivity contribution >= 4 is 23.0 Å². The fourth-order valence-electron chi connectivity index (χ4n) is 7.54. The largest absolute Gasteiger partial charge is 0.465 e. The van der Waals surface area contributed by atoms with Gasteiger partial charge in [-0.2, -0.15) is 0 Å². The Balaban J connectivity index is 1.25. The van der Waals surface area contributed by atoms with Crippen LogP contribution in [0.1, 0.15) is 56.6 Å². The minimum Gasteiger partial charge on any atom is -0.465 e. The normalized spacial score (nSPS) is 23.6. The van der Waals surface area contributed by atoms with E-state index in [0.717, 1.165) is 43.9 Å². The van der Waals surface area contributed by atoms with Gasteiger partial charge in [0.1, 0.15) is 17.5 Å². The zero-order valence-electron chi connectivity index (χ0n) is 23.6. The van der Waals surface area contributed by atoms with Crippen LogP contribution >= 0.6 is 0 Å². The highest BCUT2D eigenvalue weighted by atomic mass is 19.1. The van der Waals surface area contributed by atoms with Crippen LogP contribution < -0.4 is 10.9 Å². The number of amides is 3. The number of carboxylic acid groups (broad SMARTS) is 1. The summed E-state index contributed by atoms with van der Waals surface area (Å²) in [5.41, 5.74) is -0.0675. The molecule has 1 spiro atoms. The minimum atomic E-state index is -1.21. The van der Waals surface area contributed by atoms with Crippen LogP contribution in [0.3, 0.4) is 0 Å². The average molecular weight is 598 g/mol. The number of hydrogen-bond donors (Lipinski definition) is 2. The van der Waals surface area contributed by atoms with E-state index in [1.54, 1.807) is 14.4 Å². The average Bonchev–Trinajstić information content (AvgIpc) is 3.45. The molecule has 228 valence electrons. The van der Waals surface area contributed by atoms with Crippen LogP contribution in [0.15, 0.2) is 47.5 Å². The first-order valence-electron chi connectivity index (χ1n) is 14.8. The van der Waals surface area contributed by atoms with Gasteiger partial charge in [0, 0.05) is 37.8 Å². The van der Waals surface area contributed by atoms with Crippen LogP contribution in [-0.2, 0) is 6.54 Å². The monoisotopic (exact) mass is 597 g/mol. The van der Waals surface area contributed by atoms with E-state index in [4.69, 9.17) is 0 Å². The lowest BCUT2D eigenvalue weighted by atomic mass is 9.69. The van der Waals surface area contributed by atoms with Crippen molar-refractivity contribution in [2.45, 2.75) is 63.6 Å². The Morgan fingerprint density at radius 3 is 2.53 bits per heavy atom. The Kier molecular flexibility index (Phi) is 7.78. The lowest BCUT2D eigenvalue weighted by Crippen LogP contribution is -2.57. The third kappa shape index (κ3) is 5.66. The van der Waals surface area contributed by atoms with Crippen LogP contribution in [-0.4, -0.2) is 62.3 Å². The van der Waals surface area contributed by atoms with Gasteiger partial charge in [-0.15, -0.1) is 0 Å². The number of carbonyl (C=O) groups excluding carboxylic acids is 1. The Labute approximate surface area is 246 Å². The lowest BCUT2D eigenvalue weighted by Gasteiger charge is -2.49. The van der Waals surface area contributed by atoms with Gasteiger partial charge < -0.3 is 20.2 Å². The van der Waals surface area contributed by atoms with Gasteiger partial charge in [0.05, 0.1) is 23.3 Å². The molecule has 2 aliphatic heterocycles. The molecule has 0 bridgehead atoms. The Hall–Kier alpha value is -4.09. The molecule has 12 heteroatoms. The molecule has 1 aromatic heterocycles. The Bertz CT molecular complexity index is 1610. The summed E-state index contributed by atoms with van der Waals surface area (Å²) in [6, 6.07) is 5.46. The van der Waals surface area contributed by atoms with Crippen LogP contribution in [0.4, 0.5) is 22.8 Å². The van der Waals surface area contributed by atoms with Gasteiger partial charge in [0.25, 0.3) is 5.56 Å². The molecular weight excluding hydrogens is 563 g/mol. The number of halogens is 3. The first-order valence-corrected chi connectivity index (χ1v) is 14.8. The number of nitrogens with one attached hydrogen (secondary N) is 1. The molecule has 43 heavy (non-hydrogen) atoms. The molecule has 1 unspecified atom stereocenters. The smallest absolute Gasteiger partial charge is 0.404 e. The number of piperidine rings is 2. The molecule has 9 nitrogen and oxygen atoms in total. The summed E-state index contributed by atoms with van der Waals surface area (Å²) < 4.78 is 44.6. The van der Waals surface area contributed by atoms with Crippen molar-refractivity contribution in [2.24, 2.45) is 11.3 Å². The molecule has 1 saturated carbocycles. The predicted octanol–water partition coefficient (Wildman–Crippen LogP) is 5.29. The molecule has 3 aromatic rings. The van der Waals surface area contributed by atoms with Gasteiger partial charge in [-0.05, 0) is 79.8 Å². The first-order chi connectivity index (χ1) is 20.6. The molecule has 6 rings (SSSR count). The summed E-state index contributed by atoms with van der Waals surface area (Å²) in [6.45, 7) is 1.48. The summed E-state index contributed by atoms with van der Waals surface area (Å²) in [7, 11) is 0. The van der Waals surface area contributed by atoms with Crippen LogP contribution in [0, 0.1) is 28.8 Å². The van der Waals surface area contributed by atoms with Gasteiger partial charge >= 0.3 is 12.1 Å². The second kappa shape index (κ2) is 11.5. The number of nitrogens with zero attached hydrogens (tertiary/aromatic N) is 4. The highest BCUT2D eigenvalue weighted by Crippen LogP contribution is 2.49. The summed E-state index contributed by atoms with van der Waals surface area (Å²) in [6.07, 6.45) is 5.18. The molecule has 3 amide bonds. The standard InChI is InChI=1S/C31H34F3N5O4/c32-20-3-5-25(34)23(13-20)27-15-22(36-29(41)42)8-12-39(27)30(43)37-11-7-19(31(17-37)9-1-2-10-31)16-38-18-35-26-6-4-21(33)14-24(26)28(38)40/h3-6,13-14,18-19,22,27,36H,1-2,7-12,15-17H2,(H,41,42)/t19?,22-,27+/m1/s1. The second-order valence-corrected chi connectivity index (χ2v) is 12.2. The maximum absolute atomic E-state index is 15.0. The maximum Gasteiger partial charge on any atom is 0.404 e. The van der Waals surface area contributed by atoms with Crippen molar-refractivity contribution < 1.29 is 27.9 Å². The van der Waals surface area contributed by atoms with Gasteiger partial charge in [-0.3, -0.25) is 9.36 Å². The van der Waals surface area contributed by atoms with E-state index < -0.39 is 35.6 Å². The van der Waals surface area contributed by atoms with E-state index in [1.807, 2.05) is 0 Å². The predicted molar refractivity (Wildman–Crippen MR) is 152 cm³/mol. The van der Waals surface area contributed by atoms with Crippen molar-refractivity contribution in [1.29, 1.82) is 0 Å². The van der Waals surface area contributed by atoms with E-state index >= 15 is 0 Å². The summed E-state index contributed by atoms with van der Waals surface area (Å²) in [4.78, 5) is 46.4. The number of benzene rings is 2. The van der Waals surface area contributed by atoms with Crippen LogP contribution in [0.2, 0.25) is 0 Å². The topological polar surface area (TPSA) is 108 Å². The molecule has 3 fully saturated rings. The van der Waals surface area contributed by atoms with Gasteiger partial charge in [0.15, 0.2) is 0 Å². The highest BCUT2D eigenvalue weighted by Gasteiger charge is 2.48. The zero-order valence-corrected chi connectivity index (χ0v) is 23.6. The lowest BCUT2D eigenvalue weighted by molar-refractivity contribution is 0.0205. The fraction of sp³-hybridized carbons (Fsp3) is 0.484. The number of likely N-dealkylation sites (tertiary alicyclic amines) is 2. The number of carbonyl (C=O) groups is 2. The molecule has 0 radical (unpaired) electrons. The van der Waals surface area contributed by atoms with Gasteiger partial charge in [-0.25, -0.2) is 27.7 Å². The van der Waals surface area contributed by atoms with Gasteiger partial charge in [0.2, 0.25) is 0 Å². The van der Waals surface area contributed by atoms with Crippen LogP contribution in [0.5, 0.6) is 0 Å². The van der Waals surface area contributed by atoms with Crippen molar-refractivity contribution in [1.82, 2.24) is 24.7 Å². The molecule has 3 aliphatic rings. The van der Waals surface area contributed by atoms with Crippen LogP contribution in [0.25, 0.3) is 10.9 Å². The van der Waals surface area contributed by atoms with E-state index in [9.17, 15) is 32.7 Å². The number of aromatic nitrogens is 2. The third-order valence-electron chi connectivity index (χ3n) is 9.69. The van der Waals surface area contributed by atoms with E-state index in [2.05, 4.69) is 10.3 Å². The molecular formula is C31H34F3N5O4. The molecule has 2 saturated heterocycles. The quantitative estimate of drug-likeness (QED) is 0.425. The van der Waals surface area contributed by atoms with Gasteiger partial charge in [-0.1, -0.05) is 12.8 Å². The number of rotatable bonds is 4. The maximum atomic E-state index is 15.0. The molecule has 1 aliphatic carbocycles. The fourth-order valence-corrected chi connectivity index (χ4v) is 7.54. The molecule has 3 atom stereocenters. The van der Waals surface area contributed by atoms with E-state index in [0.29, 0.717) is 38.0 Å². The van der Waals surface area contributed by atoms with Crippen molar-refractivity contribution in [2.75, 3.05) is 19.6 Å². The van der Waals surface area contributed by atoms with Crippen molar-refractivity contribution in [3.05, 3.63) is 76.1 Å². The number of hydrogen-bond acceptors (Lipinski definition) is 4. The third-order valence-corrected chi connectivity index (χ3v) is 9.69. The summed E-state index contributed by atoms with van der Waals surface area (Å²) in [5, 5.41) is 11.9. The second-order valence-electron chi connectivity index (χ2n) is 12.2. The molecule has 2 N–H and O–H groups in total. The first kappa shape index (κ1) is 29.0.